The van der Waals surface area contributed by atoms with E-state index in [4.69, 9.17) is 14.6 Å². The predicted octanol–water partition coefficient (Wildman–Crippen LogP) is 0.997. The first-order valence-corrected chi connectivity index (χ1v) is 6.73. The van der Waals surface area contributed by atoms with Gasteiger partial charge in [0.05, 0.1) is 24.6 Å². The number of carbonyl (C=O) groups is 2. The maximum Gasteiger partial charge on any atom is 0.336 e. The fourth-order valence-electron chi connectivity index (χ4n) is 2.39. The predicted molar refractivity (Wildman–Crippen MR) is 79.5 cm³/mol. The van der Waals surface area contributed by atoms with E-state index in [-0.39, 0.29) is 16.9 Å². The van der Waals surface area contributed by atoms with E-state index in [9.17, 15) is 19.5 Å². The minimum Gasteiger partial charge on any atom is -0.507 e. The van der Waals surface area contributed by atoms with Crippen molar-refractivity contribution in [1.29, 1.82) is 0 Å². The Morgan fingerprint density at radius 1 is 1.26 bits per heavy atom. The Kier molecular flexibility index (Phi) is 4.65. The number of phenolic OH excluding ortho intramolecular Hbond substituents is 1. The number of benzene rings is 1. The lowest BCUT2D eigenvalue weighted by Gasteiger charge is -2.19. The Morgan fingerprint density at radius 2 is 1.96 bits per heavy atom. The van der Waals surface area contributed by atoms with Crippen molar-refractivity contribution in [1.82, 2.24) is 5.32 Å². The molecule has 8 heteroatoms. The molecule has 0 aliphatic heterocycles. The quantitative estimate of drug-likeness (QED) is 0.578. The van der Waals surface area contributed by atoms with Crippen molar-refractivity contribution in [3.05, 3.63) is 39.7 Å². The van der Waals surface area contributed by atoms with Crippen molar-refractivity contribution in [2.45, 2.75) is 19.4 Å². The Morgan fingerprint density at radius 3 is 2.57 bits per heavy atom. The fourth-order valence-corrected chi connectivity index (χ4v) is 2.39. The third kappa shape index (κ3) is 3.67. The molecule has 1 atom stereocenters. The molecular weight excluding hydrogens is 306 g/mol. The SMILES string of the molecule is Cc1cc(=O)oc2c(C(CC(=O)O)NCC(=O)O)c(O)ccc12. The summed E-state index contributed by atoms with van der Waals surface area (Å²) >= 11 is 0. The van der Waals surface area contributed by atoms with Gasteiger partial charge in [-0.15, -0.1) is 0 Å². The molecule has 2 rings (SSSR count). The van der Waals surface area contributed by atoms with Crippen LogP contribution in [0.25, 0.3) is 11.0 Å². The maximum atomic E-state index is 11.6. The van der Waals surface area contributed by atoms with Gasteiger partial charge in [-0.25, -0.2) is 4.79 Å². The highest BCUT2D eigenvalue weighted by Crippen LogP contribution is 2.34. The van der Waals surface area contributed by atoms with Crippen molar-refractivity contribution in [3.8, 4) is 5.75 Å². The van der Waals surface area contributed by atoms with E-state index >= 15 is 0 Å². The van der Waals surface area contributed by atoms with E-state index in [0.717, 1.165) is 0 Å². The summed E-state index contributed by atoms with van der Waals surface area (Å²) in [5.41, 5.74) is 0.0463. The Bertz CT molecular complexity index is 824. The van der Waals surface area contributed by atoms with Crippen LogP contribution in [0.1, 0.15) is 23.6 Å². The van der Waals surface area contributed by atoms with Crippen LogP contribution in [0.4, 0.5) is 0 Å². The topological polar surface area (TPSA) is 137 Å². The van der Waals surface area contributed by atoms with Gasteiger partial charge in [-0.3, -0.25) is 14.9 Å². The van der Waals surface area contributed by atoms with Crippen LogP contribution >= 0.6 is 0 Å². The molecule has 1 heterocycles. The average Bonchev–Trinajstić information content (AvgIpc) is 2.42. The molecule has 0 fully saturated rings. The number of aryl methyl sites for hydroxylation is 1. The van der Waals surface area contributed by atoms with Crippen molar-refractivity contribution in [2.24, 2.45) is 0 Å². The van der Waals surface area contributed by atoms with Crippen LogP contribution in [-0.4, -0.2) is 33.8 Å². The van der Waals surface area contributed by atoms with Crippen LogP contribution in [0, 0.1) is 6.92 Å². The summed E-state index contributed by atoms with van der Waals surface area (Å²) in [7, 11) is 0. The fraction of sp³-hybridized carbons (Fsp3) is 0.267. The normalized spacial score (nSPS) is 12.2. The number of phenols is 1. The van der Waals surface area contributed by atoms with E-state index in [0.29, 0.717) is 10.9 Å². The number of rotatable bonds is 6. The molecule has 0 aliphatic carbocycles. The van der Waals surface area contributed by atoms with Gasteiger partial charge in [-0.05, 0) is 24.6 Å². The molecule has 0 saturated carbocycles. The lowest BCUT2D eigenvalue weighted by molar-refractivity contribution is -0.139. The molecule has 23 heavy (non-hydrogen) atoms. The molecule has 122 valence electrons. The molecule has 0 amide bonds. The van der Waals surface area contributed by atoms with E-state index in [1.165, 1.54) is 12.1 Å². The molecule has 4 N–H and O–H groups in total. The molecule has 8 nitrogen and oxygen atoms in total. The van der Waals surface area contributed by atoms with Crippen molar-refractivity contribution < 1.29 is 29.3 Å². The van der Waals surface area contributed by atoms with Crippen molar-refractivity contribution in [3.63, 3.8) is 0 Å². The van der Waals surface area contributed by atoms with Crippen LogP contribution in [0.15, 0.2) is 27.4 Å². The standard InChI is InChI=1S/C15H15NO7/c1-7-4-13(22)23-15-8(7)2-3-10(17)14(15)9(5-11(18)19)16-6-12(20)21/h2-4,9,16-17H,5-6H2,1H3,(H,18,19)(H,20,21). The number of carboxylic acid groups (broad SMARTS) is 2. The van der Waals surface area contributed by atoms with E-state index < -0.39 is 36.6 Å². The van der Waals surface area contributed by atoms with Crippen molar-refractivity contribution >= 4 is 22.9 Å². The molecule has 0 radical (unpaired) electrons. The van der Waals surface area contributed by atoms with Gasteiger partial charge in [-0.1, -0.05) is 0 Å². The summed E-state index contributed by atoms with van der Waals surface area (Å²) in [4.78, 5) is 33.4. The third-order valence-corrected chi connectivity index (χ3v) is 3.36. The molecule has 0 aliphatic rings. The van der Waals surface area contributed by atoms with Crippen LogP contribution < -0.4 is 10.9 Å². The smallest absolute Gasteiger partial charge is 0.336 e. The average molecular weight is 321 g/mol. The first kappa shape index (κ1) is 16.5. The molecule has 1 aromatic heterocycles. The van der Waals surface area contributed by atoms with E-state index in [1.54, 1.807) is 13.0 Å². The summed E-state index contributed by atoms with van der Waals surface area (Å²) in [5, 5.41) is 31.0. The second-order valence-electron chi connectivity index (χ2n) is 5.05. The molecule has 1 aromatic carbocycles. The number of hydrogen-bond donors (Lipinski definition) is 4. The summed E-state index contributed by atoms with van der Waals surface area (Å²) in [5.74, 6) is -2.66. The van der Waals surface area contributed by atoms with Crippen LogP contribution in [0.5, 0.6) is 5.75 Å². The number of nitrogens with one attached hydrogen (secondary N) is 1. The van der Waals surface area contributed by atoms with Crippen LogP contribution in [-0.2, 0) is 9.59 Å². The van der Waals surface area contributed by atoms with Gasteiger partial charge in [0.25, 0.3) is 0 Å². The molecule has 0 saturated heterocycles. The van der Waals surface area contributed by atoms with Gasteiger partial charge < -0.3 is 19.7 Å². The van der Waals surface area contributed by atoms with Gasteiger partial charge in [-0.2, -0.15) is 0 Å². The number of fused-ring (bicyclic) bond motifs is 1. The van der Waals surface area contributed by atoms with Crippen LogP contribution in [0.2, 0.25) is 0 Å². The highest BCUT2D eigenvalue weighted by molar-refractivity contribution is 5.86. The Hall–Kier alpha value is -2.87. The zero-order chi connectivity index (χ0) is 17.1. The number of aromatic hydroxyl groups is 1. The molecular formula is C15H15NO7. The molecule has 1 unspecified atom stereocenters. The number of carboxylic acids is 2. The first-order valence-electron chi connectivity index (χ1n) is 6.73. The van der Waals surface area contributed by atoms with Crippen LogP contribution in [0.3, 0.4) is 0 Å². The zero-order valence-corrected chi connectivity index (χ0v) is 12.2. The molecule has 0 spiro atoms. The van der Waals surface area contributed by atoms with E-state index in [1.807, 2.05) is 0 Å². The van der Waals surface area contributed by atoms with Gasteiger partial charge in [0.1, 0.15) is 11.3 Å². The second-order valence-corrected chi connectivity index (χ2v) is 5.05. The van der Waals surface area contributed by atoms with Crippen molar-refractivity contribution in [2.75, 3.05) is 6.54 Å². The monoisotopic (exact) mass is 321 g/mol. The van der Waals surface area contributed by atoms with Gasteiger partial charge in [0.2, 0.25) is 0 Å². The lowest BCUT2D eigenvalue weighted by Crippen LogP contribution is -2.29. The van der Waals surface area contributed by atoms with E-state index in [2.05, 4.69) is 5.32 Å². The Labute approximate surface area is 130 Å². The van der Waals surface area contributed by atoms with Gasteiger partial charge in [0, 0.05) is 11.5 Å². The highest BCUT2D eigenvalue weighted by Gasteiger charge is 2.24. The summed E-state index contributed by atoms with van der Waals surface area (Å²) in [6, 6.07) is 3.14. The third-order valence-electron chi connectivity index (χ3n) is 3.36. The number of hydrogen-bond acceptors (Lipinski definition) is 6. The summed E-state index contributed by atoms with van der Waals surface area (Å²) in [6.07, 6.45) is -0.488. The maximum absolute atomic E-state index is 11.6. The Balaban J connectivity index is 2.65. The number of aliphatic carboxylic acids is 2. The lowest BCUT2D eigenvalue weighted by atomic mass is 9.98. The molecule has 2 aromatic rings. The summed E-state index contributed by atoms with van der Waals surface area (Å²) < 4.78 is 5.13. The molecule has 0 bridgehead atoms. The largest absolute Gasteiger partial charge is 0.507 e. The zero-order valence-electron chi connectivity index (χ0n) is 12.2. The summed E-state index contributed by atoms with van der Waals surface area (Å²) in [6.45, 7) is 1.17. The minimum atomic E-state index is -1.20. The first-order chi connectivity index (χ1) is 10.8. The highest BCUT2D eigenvalue weighted by atomic mass is 16.4. The minimum absolute atomic E-state index is 0.0409. The van der Waals surface area contributed by atoms with Gasteiger partial charge in [0.15, 0.2) is 0 Å². The second kappa shape index (κ2) is 6.49. The van der Waals surface area contributed by atoms with Gasteiger partial charge >= 0.3 is 17.6 Å².